The van der Waals surface area contributed by atoms with E-state index < -0.39 is 10.0 Å². The fourth-order valence-corrected chi connectivity index (χ4v) is 1.83. The quantitative estimate of drug-likeness (QED) is 0.795. The van der Waals surface area contributed by atoms with E-state index in [-0.39, 0.29) is 0 Å². The summed E-state index contributed by atoms with van der Waals surface area (Å²) in [5.74, 6) is 0. The van der Waals surface area contributed by atoms with Gasteiger partial charge in [0.15, 0.2) is 0 Å². The van der Waals surface area contributed by atoms with Crippen LogP contribution in [0, 0.1) is 0 Å². The highest BCUT2D eigenvalue weighted by Gasteiger charge is 2.05. The molecule has 0 heterocycles. The van der Waals surface area contributed by atoms with Crippen molar-refractivity contribution < 1.29 is 8.42 Å². The summed E-state index contributed by atoms with van der Waals surface area (Å²) in [5, 5.41) is 3.16. The van der Waals surface area contributed by atoms with Crippen molar-refractivity contribution in [2.24, 2.45) is 0 Å². The van der Waals surface area contributed by atoms with Crippen molar-refractivity contribution in [3.8, 4) is 0 Å². The van der Waals surface area contributed by atoms with Crippen molar-refractivity contribution in [2.75, 3.05) is 17.5 Å². The first kappa shape index (κ1) is 12.0. The molecule has 0 spiro atoms. The molecule has 0 saturated carbocycles. The molecule has 0 aromatic heterocycles. The lowest BCUT2D eigenvalue weighted by molar-refractivity contribution is 0.606. The van der Waals surface area contributed by atoms with Crippen LogP contribution in [0.15, 0.2) is 24.3 Å². The van der Waals surface area contributed by atoms with Gasteiger partial charge >= 0.3 is 0 Å². The van der Waals surface area contributed by atoms with Crippen LogP contribution < -0.4 is 10.0 Å². The van der Waals surface area contributed by atoms with E-state index in [1.165, 1.54) is 0 Å². The Bertz CT molecular complexity index is 415. The molecule has 4 nitrogen and oxygen atoms in total. The van der Waals surface area contributed by atoms with Gasteiger partial charge in [-0.1, -0.05) is 25.1 Å². The largest absolute Gasteiger partial charge is 0.313 e. The van der Waals surface area contributed by atoms with Crippen molar-refractivity contribution in [2.45, 2.75) is 13.5 Å². The zero-order chi connectivity index (χ0) is 11.3. The van der Waals surface area contributed by atoms with Gasteiger partial charge in [-0.2, -0.15) is 0 Å². The number of nitrogens with one attached hydrogen (secondary N) is 2. The number of hydrogen-bond acceptors (Lipinski definition) is 3. The third kappa shape index (κ3) is 4.31. The molecule has 1 rings (SSSR count). The number of sulfonamides is 1. The Hall–Kier alpha value is -1.07. The number of rotatable bonds is 5. The Morgan fingerprint density at radius 2 is 1.93 bits per heavy atom. The second-order valence-electron chi connectivity index (χ2n) is 3.31. The molecule has 15 heavy (non-hydrogen) atoms. The van der Waals surface area contributed by atoms with Gasteiger partial charge in [-0.05, 0) is 18.2 Å². The van der Waals surface area contributed by atoms with E-state index in [1.54, 1.807) is 6.07 Å². The predicted molar refractivity (Wildman–Crippen MR) is 62.3 cm³/mol. The van der Waals surface area contributed by atoms with Crippen molar-refractivity contribution >= 4 is 15.7 Å². The first-order valence-corrected chi connectivity index (χ1v) is 6.68. The monoisotopic (exact) mass is 228 g/mol. The lowest BCUT2D eigenvalue weighted by atomic mass is 10.2. The molecular weight excluding hydrogens is 212 g/mol. The highest BCUT2D eigenvalue weighted by Crippen LogP contribution is 2.15. The first-order valence-electron chi connectivity index (χ1n) is 4.79. The summed E-state index contributed by atoms with van der Waals surface area (Å²) in [6.45, 7) is 3.52. The molecule has 2 N–H and O–H groups in total. The fraction of sp³-hybridized carbons (Fsp3) is 0.400. The summed E-state index contributed by atoms with van der Waals surface area (Å²) in [5.41, 5.74) is 1.59. The highest BCUT2D eigenvalue weighted by atomic mass is 32.2. The summed E-state index contributed by atoms with van der Waals surface area (Å²) in [7, 11) is -3.20. The molecule has 0 aliphatic carbocycles. The minimum absolute atomic E-state index is 0.640. The van der Waals surface area contributed by atoms with Gasteiger partial charge in [0, 0.05) is 6.54 Å². The Morgan fingerprint density at radius 1 is 1.27 bits per heavy atom. The lowest BCUT2D eigenvalue weighted by Crippen LogP contribution is -2.16. The van der Waals surface area contributed by atoms with E-state index in [2.05, 4.69) is 10.0 Å². The maximum Gasteiger partial charge on any atom is 0.229 e. The SMILES string of the molecule is CCNCc1ccccc1NS(C)(=O)=O. The van der Waals surface area contributed by atoms with Gasteiger partial charge in [0.1, 0.15) is 0 Å². The van der Waals surface area contributed by atoms with Crippen molar-refractivity contribution in [1.29, 1.82) is 0 Å². The molecule has 0 aliphatic rings. The standard InChI is InChI=1S/C10H16N2O2S/c1-3-11-8-9-6-4-5-7-10(9)12-15(2,13)14/h4-7,11-12H,3,8H2,1-2H3. The van der Waals surface area contributed by atoms with Gasteiger partial charge in [0.2, 0.25) is 10.0 Å². The van der Waals surface area contributed by atoms with E-state index in [0.717, 1.165) is 18.4 Å². The summed E-state index contributed by atoms with van der Waals surface area (Å²) in [6.07, 6.45) is 1.15. The molecular formula is C10H16N2O2S. The summed E-state index contributed by atoms with van der Waals surface area (Å²) < 4.78 is 24.7. The molecule has 0 amide bonds. The molecule has 0 radical (unpaired) electrons. The van der Waals surface area contributed by atoms with E-state index in [0.29, 0.717) is 12.2 Å². The average molecular weight is 228 g/mol. The zero-order valence-corrected chi connectivity index (χ0v) is 9.76. The number of anilines is 1. The number of hydrogen-bond donors (Lipinski definition) is 2. The highest BCUT2D eigenvalue weighted by molar-refractivity contribution is 7.92. The van der Waals surface area contributed by atoms with Crippen LogP contribution in [-0.2, 0) is 16.6 Å². The van der Waals surface area contributed by atoms with E-state index in [4.69, 9.17) is 0 Å². The Balaban J connectivity index is 2.86. The topological polar surface area (TPSA) is 58.2 Å². The minimum atomic E-state index is -3.20. The van der Waals surface area contributed by atoms with Crippen LogP contribution >= 0.6 is 0 Å². The molecule has 0 atom stereocenters. The zero-order valence-electron chi connectivity index (χ0n) is 8.95. The Morgan fingerprint density at radius 3 is 2.53 bits per heavy atom. The van der Waals surface area contributed by atoms with Crippen LogP contribution in [0.2, 0.25) is 0 Å². The molecule has 0 aliphatic heterocycles. The van der Waals surface area contributed by atoms with Crippen LogP contribution in [0.25, 0.3) is 0 Å². The van der Waals surface area contributed by atoms with Crippen LogP contribution in [-0.4, -0.2) is 21.2 Å². The van der Waals surface area contributed by atoms with Crippen LogP contribution in [0.3, 0.4) is 0 Å². The van der Waals surface area contributed by atoms with Crippen LogP contribution in [0.5, 0.6) is 0 Å². The molecule has 84 valence electrons. The van der Waals surface area contributed by atoms with Gasteiger partial charge in [-0.3, -0.25) is 4.72 Å². The Labute approximate surface area is 90.8 Å². The molecule has 0 fully saturated rings. The third-order valence-corrected chi connectivity index (χ3v) is 2.47. The fourth-order valence-electron chi connectivity index (χ4n) is 1.23. The molecule has 5 heteroatoms. The smallest absolute Gasteiger partial charge is 0.229 e. The Kier molecular flexibility index (Phi) is 4.11. The van der Waals surface area contributed by atoms with Crippen LogP contribution in [0.4, 0.5) is 5.69 Å². The second-order valence-corrected chi connectivity index (χ2v) is 5.06. The first-order chi connectivity index (χ1) is 7.03. The van der Waals surface area contributed by atoms with Gasteiger partial charge in [0.05, 0.1) is 11.9 Å². The van der Waals surface area contributed by atoms with Gasteiger partial charge < -0.3 is 5.32 Å². The van der Waals surface area contributed by atoms with Gasteiger partial charge in [-0.25, -0.2) is 8.42 Å². The second kappa shape index (κ2) is 5.14. The molecule has 0 saturated heterocycles. The average Bonchev–Trinajstić information content (AvgIpc) is 2.14. The predicted octanol–water partition coefficient (Wildman–Crippen LogP) is 1.17. The van der Waals surface area contributed by atoms with E-state index >= 15 is 0 Å². The molecule has 1 aromatic carbocycles. The van der Waals surface area contributed by atoms with Crippen molar-refractivity contribution in [1.82, 2.24) is 5.32 Å². The van der Waals surface area contributed by atoms with Crippen molar-refractivity contribution in [3.63, 3.8) is 0 Å². The third-order valence-electron chi connectivity index (χ3n) is 1.88. The van der Waals surface area contributed by atoms with Gasteiger partial charge in [-0.15, -0.1) is 0 Å². The summed E-state index contributed by atoms with van der Waals surface area (Å²) in [6, 6.07) is 7.35. The summed E-state index contributed by atoms with van der Waals surface area (Å²) >= 11 is 0. The molecule has 0 bridgehead atoms. The van der Waals surface area contributed by atoms with Gasteiger partial charge in [0.25, 0.3) is 0 Å². The van der Waals surface area contributed by atoms with E-state index in [9.17, 15) is 8.42 Å². The number of benzene rings is 1. The maximum atomic E-state index is 11.1. The summed E-state index contributed by atoms with van der Waals surface area (Å²) in [4.78, 5) is 0. The molecule has 0 unspecified atom stereocenters. The molecule has 1 aromatic rings. The number of para-hydroxylation sites is 1. The van der Waals surface area contributed by atoms with E-state index in [1.807, 2.05) is 25.1 Å². The van der Waals surface area contributed by atoms with Crippen molar-refractivity contribution in [3.05, 3.63) is 29.8 Å². The normalized spacial score (nSPS) is 11.3. The minimum Gasteiger partial charge on any atom is -0.313 e. The maximum absolute atomic E-state index is 11.1. The van der Waals surface area contributed by atoms with Crippen LogP contribution in [0.1, 0.15) is 12.5 Å². The lowest BCUT2D eigenvalue weighted by Gasteiger charge is -2.10.